The van der Waals surface area contributed by atoms with Crippen LogP contribution in [0.3, 0.4) is 0 Å². The molecule has 0 unspecified atom stereocenters. The molecule has 1 aromatic carbocycles. The minimum absolute atomic E-state index is 0.814. The molecule has 0 atom stereocenters. The van der Waals surface area contributed by atoms with Crippen molar-refractivity contribution < 1.29 is 4.43 Å². The molecule has 0 aliphatic carbocycles. The van der Waals surface area contributed by atoms with E-state index in [2.05, 4.69) is 37.2 Å². The Morgan fingerprint density at radius 3 is 2.57 bits per heavy atom. The van der Waals surface area contributed by atoms with Crippen LogP contribution in [-0.4, -0.2) is 24.5 Å². The van der Waals surface area contributed by atoms with Crippen LogP contribution in [0.25, 0.3) is 0 Å². The molecule has 0 amide bonds. The van der Waals surface area contributed by atoms with Crippen LogP contribution in [0.1, 0.15) is 23.7 Å². The van der Waals surface area contributed by atoms with E-state index in [0.717, 1.165) is 28.4 Å². The van der Waals surface area contributed by atoms with Crippen molar-refractivity contribution in [2.75, 3.05) is 0 Å². The maximum atomic E-state index is 5.97. The number of rotatable bonds is 4. The Balaban J connectivity index is 2.42. The highest BCUT2D eigenvalue weighted by atomic mass is 28.3. The van der Waals surface area contributed by atoms with E-state index >= 15 is 0 Å². The second-order valence-electron chi connectivity index (χ2n) is 5.48. The average Bonchev–Trinajstić information content (AvgIpc) is 2.71. The van der Waals surface area contributed by atoms with Gasteiger partial charge < -0.3 is 4.43 Å². The van der Waals surface area contributed by atoms with Gasteiger partial charge in [-0.05, 0) is 51.6 Å². The van der Waals surface area contributed by atoms with E-state index in [1.165, 1.54) is 5.56 Å². The van der Waals surface area contributed by atoms with Crippen LogP contribution in [0.5, 0.6) is 5.75 Å². The topological polar surface area (TPSA) is 39.4 Å². The molecule has 0 fully saturated rings. The summed E-state index contributed by atoms with van der Waals surface area (Å²) in [6.45, 7) is 10.3. The molecule has 1 heterocycles. The Bertz CT molecular complexity index is 674. The first kappa shape index (κ1) is 15.5. The fourth-order valence-corrected chi connectivity index (χ4v) is 2.81. The summed E-state index contributed by atoms with van der Waals surface area (Å²) in [5.41, 5.74) is 5.08. The van der Waals surface area contributed by atoms with E-state index in [-0.39, 0.29) is 0 Å². The molecule has 0 saturated carbocycles. The molecule has 0 spiro atoms. The SMILES string of the molecule is CC(=Nc1ccc(C)cc1O[Si](C)C)c1cn(C)nc1C. The van der Waals surface area contributed by atoms with Gasteiger partial charge in [0.1, 0.15) is 11.4 Å². The fraction of sp³-hybridized carbons (Fsp3) is 0.375. The largest absolute Gasteiger partial charge is 0.541 e. The van der Waals surface area contributed by atoms with E-state index in [1.54, 1.807) is 0 Å². The van der Waals surface area contributed by atoms with Crippen molar-refractivity contribution in [1.29, 1.82) is 0 Å². The first-order valence-electron chi connectivity index (χ1n) is 7.01. The van der Waals surface area contributed by atoms with Crippen LogP contribution >= 0.6 is 0 Å². The summed E-state index contributed by atoms with van der Waals surface area (Å²) in [5, 5.41) is 4.37. The Labute approximate surface area is 128 Å². The minimum atomic E-state index is -0.814. The van der Waals surface area contributed by atoms with Gasteiger partial charge in [-0.25, -0.2) is 4.99 Å². The molecule has 5 heteroatoms. The molecule has 21 heavy (non-hydrogen) atoms. The summed E-state index contributed by atoms with van der Waals surface area (Å²) < 4.78 is 7.79. The molecule has 2 aromatic rings. The molecular weight excluding hydrogens is 278 g/mol. The Kier molecular flexibility index (Phi) is 4.62. The van der Waals surface area contributed by atoms with Crippen LogP contribution in [0, 0.1) is 13.8 Å². The molecule has 0 saturated heterocycles. The van der Waals surface area contributed by atoms with Crippen molar-refractivity contribution in [2.24, 2.45) is 12.0 Å². The second-order valence-corrected chi connectivity index (χ2v) is 7.50. The third-order valence-corrected chi connectivity index (χ3v) is 3.75. The highest BCUT2D eigenvalue weighted by Gasteiger charge is 2.10. The number of nitrogens with zero attached hydrogens (tertiary/aromatic N) is 3. The predicted molar refractivity (Wildman–Crippen MR) is 89.1 cm³/mol. The normalized spacial score (nSPS) is 12.0. The van der Waals surface area contributed by atoms with Gasteiger partial charge in [0.15, 0.2) is 0 Å². The Hall–Kier alpha value is -1.88. The molecule has 2 rings (SSSR count). The number of hydrogen-bond donors (Lipinski definition) is 0. The van der Waals surface area contributed by atoms with Crippen LogP contribution in [0.15, 0.2) is 29.4 Å². The number of benzene rings is 1. The average molecular weight is 300 g/mol. The van der Waals surface area contributed by atoms with Gasteiger partial charge in [-0.3, -0.25) is 4.68 Å². The van der Waals surface area contributed by atoms with Gasteiger partial charge in [0.2, 0.25) is 0 Å². The lowest BCUT2D eigenvalue weighted by Crippen LogP contribution is -2.11. The number of hydrogen-bond acceptors (Lipinski definition) is 3. The first-order chi connectivity index (χ1) is 9.86. The molecule has 0 aliphatic rings. The van der Waals surface area contributed by atoms with Gasteiger partial charge in [0.25, 0.3) is 9.04 Å². The van der Waals surface area contributed by atoms with E-state index in [1.807, 2.05) is 37.8 Å². The lowest BCUT2D eigenvalue weighted by Gasteiger charge is -2.12. The zero-order chi connectivity index (χ0) is 15.6. The monoisotopic (exact) mass is 300 g/mol. The number of aryl methyl sites for hydroxylation is 3. The molecule has 1 aromatic heterocycles. The molecule has 0 N–H and O–H groups in total. The van der Waals surface area contributed by atoms with Crippen molar-refractivity contribution in [3.05, 3.63) is 41.2 Å². The molecular formula is C16H22N3OSi. The third-order valence-electron chi connectivity index (χ3n) is 3.12. The van der Waals surface area contributed by atoms with Crippen molar-refractivity contribution in [2.45, 2.75) is 33.9 Å². The van der Waals surface area contributed by atoms with Gasteiger partial charge in [0, 0.05) is 24.5 Å². The van der Waals surface area contributed by atoms with Gasteiger partial charge in [-0.2, -0.15) is 5.10 Å². The Morgan fingerprint density at radius 1 is 1.29 bits per heavy atom. The zero-order valence-electron chi connectivity index (χ0n) is 13.6. The molecule has 0 bridgehead atoms. The lowest BCUT2D eigenvalue weighted by molar-refractivity contribution is 0.581. The minimum Gasteiger partial charge on any atom is -0.541 e. The summed E-state index contributed by atoms with van der Waals surface area (Å²) in [7, 11) is 1.11. The number of aromatic nitrogens is 2. The highest BCUT2D eigenvalue weighted by molar-refractivity contribution is 6.49. The van der Waals surface area contributed by atoms with Gasteiger partial charge >= 0.3 is 0 Å². The summed E-state index contributed by atoms with van der Waals surface area (Å²) >= 11 is 0. The smallest absolute Gasteiger partial charge is 0.274 e. The van der Waals surface area contributed by atoms with E-state index in [4.69, 9.17) is 9.42 Å². The molecule has 0 aliphatic heterocycles. The van der Waals surface area contributed by atoms with Crippen molar-refractivity contribution in [1.82, 2.24) is 9.78 Å². The summed E-state index contributed by atoms with van der Waals surface area (Å²) in [4.78, 5) is 4.75. The second kappa shape index (κ2) is 6.26. The maximum absolute atomic E-state index is 5.97. The van der Waals surface area contributed by atoms with Crippen molar-refractivity contribution >= 4 is 20.4 Å². The number of aliphatic imine (C=N–C) groups is 1. The fourth-order valence-electron chi connectivity index (χ4n) is 2.21. The quantitative estimate of drug-likeness (QED) is 0.636. The van der Waals surface area contributed by atoms with E-state index in [9.17, 15) is 0 Å². The van der Waals surface area contributed by atoms with Crippen molar-refractivity contribution in [3.8, 4) is 5.75 Å². The standard InChI is InChI=1S/C16H22N3OSi/c1-11-7-8-15(16(9-11)20-21(5)6)17-12(2)14-10-19(4)18-13(14)3/h7-10H,1-6H3. The van der Waals surface area contributed by atoms with Crippen LogP contribution in [0.2, 0.25) is 13.1 Å². The first-order valence-corrected chi connectivity index (χ1v) is 9.42. The lowest BCUT2D eigenvalue weighted by atomic mass is 10.1. The van der Waals surface area contributed by atoms with Crippen molar-refractivity contribution in [3.63, 3.8) is 0 Å². The van der Waals surface area contributed by atoms with Gasteiger partial charge in [0.05, 0.1) is 5.69 Å². The molecule has 1 radical (unpaired) electrons. The summed E-state index contributed by atoms with van der Waals surface area (Å²) in [6.07, 6.45) is 2.00. The van der Waals surface area contributed by atoms with Crippen LogP contribution in [-0.2, 0) is 7.05 Å². The van der Waals surface area contributed by atoms with E-state index < -0.39 is 9.04 Å². The summed E-state index contributed by atoms with van der Waals surface area (Å²) in [6, 6.07) is 6.14. The highest BCUT2D eigenvalue weighted by Crippen LogP contribution is 2.30. The predicted octanol–water partition coefficient (Wildman–Crippen LogP) is 3.81. The van der Waals surface area contributed by atoms with Gasteiger partial charge in [-0.1, -0.05) is 6.07 Å². The maximum Gasteiger partial charge on any atom is 0.274 e. The van der Waals surface area contributed by atoms with Crippen LogP contribution in [0.4, 0.5) is 5.69 Å². The van der Waals surface area contributed by atoms with E-state index in [0.29, 0.717) is 0 Å². The summed E-state index contributed by atoms with van der Waals surface area (Å²) in [5.74, 6) is 0.870. The van der Waals surface area contributed by atoms with Gasteiger partial charge in [-0.15, -0.1) is 0 Å². The third kappa shape index (κ3) is 3.82. The zero-order valence-corrected chi connectivity index (χ0v) is 14.6. The molecule has 4 nitrogen and oxygen atoms in total. The molecule has 111 valence electrons. The van der Waals surface area contributed by atoms with Crippen LogP contribution < -0.4 is 4.43 Å². The Morgan fingerprint density at radius 2 is 2.00 bits per heavy atom.